The van der Waals surface area contributed by atoms with Crippen LogP contribution in [0.1, 0.15) is 122 Å². The predicted octanol–water partition coefficient (Wildman–Crippen LogP) is 6.72. The van der Waals surface area contributed by atoms with Gasteiger partial charge in [0.25, 0.3) is 0 Å². The monoisotopic (exact) mass is 452 g/mol. The first-order valence-corrected chi connectivity index (χ1v) is 13.3. The number of hydrogen-bond acceptors (Lipinski definition) is 3. The number of carbonyl (C=O) groups is 2. The van der Waals surface area contributed by atoms with Crippen LogP contribution in [0.15, 0.2) is 12.7 Å². The summed E-state index contributed by atoms with van der Waals surface area (Å²) in [5, 5.41) is 12.1. The number of rotatable bonds is 24. The number of carboxylic acids is 1. The molecule has 0 spiro atoms. The van der Waals surface area contributed by atoms with Gasteiger partial charge in [-0.15, -0.1) is 6.58 Å². The Labute approximate surface area is 198 Å². The van der Waals surface area contributed by atoms with Crippen molar-refractivity contribution in [1.82, 2.24) is 10.2 Å². The van der Waals surface area contributed by atoms with E-state index in [0.717, 1.165) is 25.7 Å². The van der Waals surface area contributed by atoms with Crippen LogP contribution in [-0.2, 0) is 9.59 Å². The van der Waals surface area contributed by atoms with Crippen LogP contribution < -0.4 is 5.32 Å². The molecule has 5 heteroatoms. The average molecular weight is 453 g/mol. The van der Waals surface area contributed by atoms with Crippen molar-refractivity contribution >= 4 is 11.9 Å². The number of carboxylic acid groups (broad SMARTS) is 1. The van der Waals surface area contributed by atoms with Crippen LogP contribution in [-0.4, -0.2) is 48.6 Å². The summed E-state index contributed by atoms with van der Waals surface area (Å²) in [6.45, 7) is 4.41. The Bertz CT molecular complexity index is 466. The molecular formula is C27H52N2O3. The van der Waals surface area contributed by atoms with E-state index in [1.807, 2.05) is 6.08 Å². The molecule has 1 atom stereocenters. The number of nitrogens with zero attached hydrogens (tertiary/aromatic N) is 1. The lowest BCUT2D eigenvalue weighted by Crippen LogP contribution is -2.35. The molecule has 0 bridgehead atoms. The van der Waals surface area contributed by atoms with Crippen molar-refractivity contribution in [3.05, 3.63) is 12.7 Å². The number of likely N-dealkylation sites (N-methyl/N-ethyl adjacent to an activating group) is 1. The third-order valence-corrected chi connectivity index (χ3v) is 6.20. The summed E-state index contributed by atoms with van der Waals surface area (Å²) in [4.78, 5) is 24.7. The normalized spacial score (nSPS) is 12.1. The number of unbranched alkanes of at least 4 members (excludes halogenated alkanes) is 15. The number of allylic oxidation sites excluding steroid dienone is 1. The van der Waals surface area contributed by atoms with Crippen LogP contribution in [0.4, 0.5) is 0 Å². The smallest absolute Gasteiger partial charge is 0.320 e. The van der Waals surface area contributed by atoms with E-state index in [2.05, 4.69) is 11.9 Å². The fourth-order valence-corrected chi connectivity index (χ4v) is 4.08. The van der Waals surface area contributed by atoms with Crippen LogP contribution in [0.3, 0.4) is 0 Å². The molecule has 0 heterocycles. The van der Waals surface area contributed by atoms with Crippen molar-refractivity contribution in [3.63, 3.8) is 0 Å². The SMILES string of the molecule is C=CCCCCCCCCCCCCCCCCC(=O)NCCCC[C@@H](C(=O)O)N(C)C. The van der Waals surface area contributed by atoms with E-state index < -0.39 is 12.0 Å². The van der Waals surface area contributed by atoms with Crippen LogP contribution in [0, 0.1) is 0 Å². The van der Waals surface area contributed by atoms with E-state index in [0.29, 0.717) is 19.4 Å². The Morgan fingerprint density at radius 3 is 1.69 bits per heavy atom. The molecule has 0 aromatic carbocycles. The predicted molar refractivity (Wildman–Crippen MR) is 136 cm³/mol. The number of hydrogen-bond donors (Lipinski definition) is 2. The molecule has 0 aromatic rings. The second-order valence-corrected chi connectivity index (χ2v) is 9.44. The van der Waals surface area contributed by atoms with Crippen molar-refractivity contribution in [2.24, 2.45) is 0 Å². The molecule has 0 radical (unpaired) electrons. The van der Waals surface area contributed by atoms with Gasteiger partial charge in [-0.25, -0.2) is 0 Å². The minimum atomic E-state index is -0.778. The highest BCUT2D eigenvalue weighted by molar-refractivity contribution is 5.75. The average Bonchev–Trinajstić information content (AvgIpc) is 2.75. The zero-order chi connectivity index (χ0) is 23.9. The molecule has 0 saturated heterocycles. The molecule has 5 nitrogen and oxygen atoms in total. The number of nitrogens with one attached hydrogen (secondary N) is 1. The zero-order valence-corrected chi connectivity index (χ0v) is 21.2. The summed E-state index contributed by atoms with van der Waals surface area (Å²) < 4.78 is 0. The molecule has 0 saturated carbocycles. The first-order chi connectivity index (χ1) is 15.5. The van der Waals surface area contributed by atoms with Gasteiger partial charge in [0.05, 0.1) is 0 Å². The summed E-state index contributed by atoms with van der Waals surface area (Å²) in [6, 6.07) is -0.437. The standard InChI is InChI=1S/C27H52N2O3/c1-4-5-6-7-8-9-10-11-12-13-14-15-16-17-18-19-23-26(30)28-24-21-20-22-25(27(31)32)29(2)3/h4,25H,1,5-24H2,2-3H3,(H,28,30)(H,31,32)/t25-/m0/s1. The quantitative estimate of drug-likeness (QED) is 0.126. The van der Waals surface area contributed by atoms with E-state index in [1.54, 1.807) is 19.0 Å². The molecule has 1 amide bonds. The molecule has 188 valence electrons. The highest BCUT2D eigenvalue weighted by Crippen LogP contribution is 2.14. The molecule has 2 N–H and O–H groups in total. The fraction of sp³-hybridized carbons (Fsp3) is 0.852. The maximum atomic E-state index is 11.9. The lowest BCUT2D eigenvalue weighted by atomic mass is 10.0. The Kier molecular flexibility index (Phi) is 21.9. The molecule has 0 unspecified atom stereocenters. The highest BCUT2D eigenvalue weighted by atomic mass is 16.4. The van der Waals surface area contributed by atoms with E-state index >= 15 is 0 Å². The van der Waals surface area contributed by atoms with Crippen LogP contribution in [0.25, 0.3) is 0 Å². The van der Waals surface area contributed by atoms with Gasteiger partial charge in [0, 0.05) is 13.0 Å². The minimum Gasteiger partial charge on any atom is -0.480 e. The molecule has 0 aliphatic carbocycles. The molecular weight excluding hydrogens is 400 g/mol. The largest absolute Gasteiger partial charge is 0.480 e. The van der Waals surface area contributed by atoms with Gasteiger partial charge >= 0.3 is 5.97 Å². The van der Waals surface area contributed by atoms with Gasteiger partial charge in [0.2, 0.25) is 5.91 Å². The van der Waals surface area contributed by atoms with Crippen molar-refractivity contribution in [3.8, 4) is 0 Å². The molecule has 32 heavy (non-hydrogen) atoms. The summed E-state index contributed by atoms with van der Waals surface area (Å²) in [6.07, 6.45) is 24.4. The summed E-state index contributed by atoms with van der Waals surface area (Å²) in [5.41, 5.74) is 0. The zero-order valence-electron chi connectivity index (χ0n) is 21.2. The van der Waals surface area contributed by atoms with Gasteiger partial charge in [0.1, 0.15) is 6.04 Å². The van der Waals surface area contributed by atoms with Gasteiger partial charge < -0.3 is 10.4 Å². The van der Waals surface area contributed by atoms with E-state index in [-0.39, 0.29) is 5.91 Å². The summed E-state index contributed by atoms with van der Waals surface area (Å²) in [7, 11) is 3.58. The first-order valence-electron chi connectivity index (χ1n) is 13.3. The lowest BCUT2D eigenvalue weighted by Gasteiger charge is -2.19. The van der Waals surface area contributed by atoms with E-state index in [1.165, 1.54) is 83.5 Å². The topological polar surface area (TPSA) is 69.6 Å². The van der Waals surface area contributed by atoms with Crippen molar-refractivity contribution < 1.29 is 14.7 Å². The van der Waals surface area contributed by atoms with Gasteiger partial charge in [-0.3, -0.25) is 14.5 Å². The third kappa shape index (κ3) is 20.5. The van der Waals surface area contributed by atoms with Crippen LogP contribution in [0.5, 0.6) is 0 Å². The van der Waals surface area contributed by atoms with Crippen molar-refractivity contribution in [1.29, 1.82) is 0 Å². The maximum Gasteiger partial charge on any atom is 0.320 e. The Balaban J connectivity index is 3.31. The van der Waals surface area contributed by atoms with Crippen LogP contribution in [0.2, 0.25) is 0 Å². The number of carbonyl (C=O) groups excluding carboxylic acids is 1. The molecule has 0 aromatic heterocycles. The number of aliphatic carboxylic acids is 1. The van der Waals surface area contributed by atoms with E-state index in [9.17, 15) is 9.59 Å². The fourth-order valence-electron chi connectivity index (χ4n) is 4.08. The molecule has 0 aliphatic heterocycles. The second-order valence-electron chi connectivity index (χ2n) is 9.44. The summed E-state index contributed by atoms with van der Waals surface area (Å²) >= 11 is 0. The van der Waals surface area contributed by atoms with Crippen LogP contribution >= 0.6 is 0 Å². The van der Waals surface area contributed by atoms with Crippen molar-refractivity contribution in [2.45, 2.75) is 128 Å². The van der Waals surface area contributed by atoms with Gasteiger partial charge in [-0.1, -0.05) is 83.1 Å². The van der Waals surface area contributed by atoms with Gasteiger partial charge in [-0.2, -0.15) is 0 Å². The first kappa shape index (κ1) is 30.6. The summed E-state index contributed by atoms with van der Waals surface area (Å²) in [5.74, 6) is -0.645. The van der Waals surface area contributed by atoms with E-state index in [4.69, 9.17) is 5.11 Å². The van der Waals surface area contributed by atoms with Gasteiger partial charge in [-0.05, 0) is 52.6 Å². The molecule has 0 aliphatic rings. The highest BCUT2D eigenvalue weighted by Gasteiger charge is 2.18. The Morgan fingerprint density at radius 2 is 1.25 bits per heavy atom. The Morgan fingerprint density at radius 1 is 0.781 bits per heavy atom. The maximum absolute atomic E-state index is 11.9. The molecule has 0 fully saturated rings. The Hall–Kier alpha value is -1.36. The van der Waals surface area contributed by atoms with Crippen molar-refractivity contribution in [2.75, 3.05) is 20.6 Å². The molecule has 0 rings (SSSR count). The minimum absolute atomic E-state index is 0.132. The second kappa shape index (κ2) is 22.8. The number of amides is 1. The lowest BCUT2D eigenvalue weighted by molar-refractivity contribution is -0.142. The van der Waals surface area contributed by atoms with Gasteiger partial charge in [0.15, 0.2) is 0 Å². The third-order valence-electron chi connectivity index (χ3n) is 6.20.